The Balaban J connectivity index is 2.42. The fourth-order valence-corrected chi connectivity index (χ4v) is 1.62. The molecule has 17 heavy (non-hydrogen) atoms. The number of hydrogen-bond donors (Lipinski definition) is 0. The average Bonchev–Trinajstić information content (AvgIpc) is 2.24. The van der Waals surface area contributed by atoms with E-state index in [1.54, 1.807) is 6.07 Å². The van der Waals surface area contributed by atoms with Crippen LogP contribution in [0, 0.1) is 5.82 Å². The van der Waals surface area contributed by atoms with Crippen molar-refractivity contribution in [2.75, 3.05) is 12.4 Å². The van der Waals surface area contributed by atoms with Crippen LogP contribution in [0.5, 0.6) is 5.75 Å². The second kappa shape index (κ2) is 6.35. The molecule has 0 spiro atoms. The van der Waals surface area contributed by atoms with Gasteiger partial charge in [0.2, 0.25) is 0 Å². The van der Waals surface area contributed by atoms with Gasteiger partial charge in [0, 0.05) is 11.6 Å². The maximum absolute atomic E-state index is 13.3. The maximum Gasteiger partial charge on any atom is 0.441 e. The van der Waals surface area contributed by atoms with Crippen molar-refractivity contribution >= 4 is 23.4 Å². The van der Waals surface area contributed by atoms with Gasteiger partial charge in [-0.2, -0.15) is 13.2 Å². The summed E-state index contributed by atoms with van der Waals surface area (Å²) < 4.78 is 53.5. The summed E-state index contributed by atoms with van der Waals surface area (Å²) in [6.07, 6.45) is 0. The lowest BCUT2D eigenvalue weighted by Crippen LogP contribution is -2.08. The van der Waals surface area contributed by atoms with Crippen molar-refractivity contribution in [1.82, 2.24) is 0 Å². The molecule has 0 saturated heterocycles. The van der Waals surface area contributed by atoms with Gasteiger partial charge in [-0.1, -0.05) is 6.07 Å². The molecule has 0 N–H and O–H groups in total. The molecule has 96 valence electrons. The molecule has 0 fully saturated rings. The van der Waals surface area contributed by atoms with Gasteiger partial charge in [0.15, 0.2) is 11.6 Å². The van der Waals surface area contributed by atoms with Gasteiger partial charge in [-0.3, -0.25) is 0 Å². The summed E-state index contributed by atoms with van der Waals surface area (Å²) >= 11 is 5.29. The summed E-state index contributed by atoms with van der Waals surface area (Å²) in [5.74, 6) is -0.803. The monoisotopic (exact) mass is 288 g/mol. The van der Waals surface area contributed by atoms with E-state index in [0.717, 1.165) is 0 Å². The highest BCUT2D eigenvalue weighted by Gasteiger charge is 2.27. The highest BCUT2D eigenvalue weighted by atomic mass is 35.5. The lowest BCUT2D eigenvalue weighted by Gasteiger charge is -2.09. The van der Waals surface area contributed by atoms with E-state index in [1.165, 1.54) is 12.1 Å². The van der Waals surface area contributed by atoms with Gasteiger partial charge in [-0.05, 0) is 29.5 Å². The molecule has 0 radical (unpaired) electrons. The fourth-order valence-electron chi connectivity index (χ4n) is 1.05. The molecule has 0 aliphatic carbocycles. The first-order chi connectivity index (χ1) is 7.92. The van der Waals surface area contributed by atoms with Crippen LogP contribution in [0.1, 0.15) is 5.56 Å². The molecule has 0 bridgehead atoms. The highest BCUT2D eigenvalue weighted by molar-refractivity contribution is 8.00. The number of halogens is 5. The molecular formula is C10H9ClF4OS. The third-order valence-corrected chi connectivity index (χ3v) is 2.76. The summed E-state index contributed by atoms with van der Waals surface area (Å²) in [6.45, 7) is -0.207. The average molecular weight is 289 g/mol. The van der Waals surface area contributed by atoms with Crippen molar-refractivity contribution in [3.8, 4) is 5.75 Å². The van der Waals surface area contributed by atoms with Gasteiger partial charge < -0.3 is 4.74 Å². The minimum absolute atomic E-state index is 0.0679. The molecule has 0 heterocycles. The third-order valence-electron chi connectivity index (χ3n) is 1.76. The van der Waals surface area contributed by atoms with Gasteiger partial charge in [0.25, 0.3) is 0 Å². The first kappa shape index (κ1) is 14.4. The third kappa shape index (κ3) is 5.50. The minimum Gasteiger partial charge on any atom is -0.490 e. The van der Waals surface area contributed by atoms with Crippen LogP contribution >= 0.6 is 23.4 Å². The fraction of sp³-hybridized carbons (Fsp3) is 0.400. The molecule has 0 aliphatic rings. The predicted molar refractivity (Wildman–Crippen MR) is 60.0 cm³/mol. The topological polar surface area (TPSA) is 9.23 Å². The van der Waals surface area contributed by atoms with Gasteiger partial charge in [0.1, 0.15) is 0 Å². The highest BCUT2D eigenvalue weighted by Crippen LogP contribution is 2.30. The largest absolute Gasteiger partial charge is 0.490 e. The van der Waals surface area contributed by atoms with Gasteiger partial charge in [-0.25, -0.2) is 4.39 Å². The molecule has 7 heteroatoms. The zero-order valence-corrected chi connectivity index (χ0v) is 10.1. The van der Waals surface area contributed by atoms with Crippen molar-refractivity contribution < 1.29 is 22.3 Å². The van der Waals surface area contributed by atoms with E-state index in [-0.39, 0.29) is 35.8 Å². The number of rotatable bonds is 5. The molecule has 0 unspecified atom stereocenters. The second-order valence-corrected chi connectivity index (χ2v) is 4.47. The lowest BCUT2D eigenvalue weighted by molar-refractivity contribution is -0.0329. The Labute approximate surface area is 105 Å². The van der Waals surface area contributed by atoms with Gasteiger partial charge in [0.05, 0.1) is 6.61 Å². The smallest absolute Gasteiger partial charge is 0.441 e. The predicted octanol–water partition coefficient (Wildman–Crippen LogP) is 4.20. The van der Waals surface area contributed by atoms with Crippen LogP contribution in [-0.2, 0) is 5.88 Å². The van der Waals surface area contributed by atoms with Crippen molar-refractivity contribution in [2.45, 2.75) is 11.4 Å². The molecule has 0 aromatic heterocycles. The zero-order chi connectivity index (χ0) is 12.9. The number of thioether (sulfide) groups is 1. The number of hydrogen-bond acceptors (Lipinski definition) is 2. The Hall–Kier alpha value is -0.620. The van der Waals surface area contributed by atoms with Crippen LogP contribution in [0.3, 0.4) is 0 Å². The zero-order valence-electron chi connectivity index (χ0n) is 8.56. The van der Waals surface area contributed by atoms with E-state index in [4.69, 9.17) is 16.3 Å². The van der Waals surface area contributed by atoms with Crippen LogP contribution in [0.15, 0.2) is 18.2 Å². The molecule has 0 atom stereocenters. The summed E-state index contributed by atoms with van der Waals surface area (Å²) in [4.78, 5) is 0. The molecule has 1 aromatic rings. The Morgan fingerprint density at radius 3 is 2.53 bits per heavy atom. The Morgan fingerprint density at radius 1 is 1.29 bits per heavy atom. The van der Waals surface area contributed by atoms with Gasteiger partial charge in [-0.15, -0.1) is 11.6 Å². The van der Waals surface area contributed by atoms with Crippen LogP contribution in [0.4, 0.5) is 17.6 Å². The van der Waals surface area contributed by atoms with Crippen molar-refractivity contribution in [1.29, 1.82) is 0 Å². The van der Waals surface area contributed by atoms with Crippen LogP contribution in [-0.4, -0.2) is 17.9 Å². The SMILES string of the molecule is Fc1cc(CCl)ccc1OCCSC(F)(F)F. The van der Waals surface area contributed by atoms with Crippen molar-refractivity contribution in [3.05, 3.63) is 29.6 Å². The van der Waals surface area contributed by atoms with Crippen LogP contribution in [0.2, 0.25) is 0 Å². The van der Waals surface area contributed by atoms with Crippen LogP contribution in [0.25, 0.3) is 0 Å². The molecule has 1 aromatic carbocycles. The quantitative estimate of drug-likeness (QED) is 0.456. The molecule has 0 aliphatic heterocycles. The molecule has 1 nitrogen and oxygen atoms in total. The van der Waals surface area contributed by atoms with E-state index < -0.39 is 11.3 Å². The molecular weight excluding hydrogens is 280 g/mol. The summed E-state index contributed by atoms with van der Waals surface area (Å²) in [7, 11) is 0. The Kier molecular flexibility index (Phi) is 5.39. The summed E-state index contributed by atoms with van der Waals surface area (Å²) in [5, 5.41) is 0. The van der Waals surface area contributed by atoms with Gasteiger partial charge >= 0.3 is 5.51 Å². The number of ether oxygens (including phenoxy) is 1. The normalized spacial score (nSPS) is 11.6. The summed E-state index contributed by atoms with van der Waals surface area (Å²) in [6, 6.07) is 4.10. The van der Waals surface area contributed by atoms with E-state index in [1.807, 2.05) is 0 Å². The van der Waals surface area contributed by atoms with Crippen molar-refractivity contribution in [2.24, 2.45) is 0 Å². The maximum atomic E-state index is 13.3. The number of alkyl halides is 4. The number of benzene rings is 1. The Bertz CT molecular complexity index is 370. The minimum atomic E-state index is -4.29. The van der Waals surface area contributed by atoms with E-state index in [9.17, 15) is 17.6 Å². The first-order valence-corrected chi connectivity index (χ1v) is 6.12. The standard InChI is InChI=1S/C10H9ClF4OS/c11-6-7-1-2-9(8(12)5-7)16-3-4-17-10(13,14)15/h1-2,5H,3-4,6H2. The van der Waals surface area contributed by atoms with E-state index in [0.29, 0.717) is 5.56 Å². The first-order valence-electron chi connectivity index (χ1n) is 4.60. The Morgan fingerprint density at radius 2 is 2.00 bits per heavy atom. The molecule has 0 saturated carbocycles. The van der Waals surface area contributed by atoms with E-state index >= 15 is 0 Å². The second-order valence-electron chi connectivity index (χ2n) is 3.04. The van der Waals surface area contributed by atoms with Crippen LogP contribution < -0.4 is 4.74 Å². The van der Waals surface area contributed by atoms with Crippen molar-refractivity contribution in [3.63, 3.8) is 0 Å². The summed E-state index contributed by atoms with van der Waals surface area (Å²) in [5.41, 5.74) is -3.70. The lowest BCUT2D eigenvalue weighted by atomic mass is 10.2. The van der Waals surface area contributed by atoms with E-state index in [2.05, 4.69) is 0 Å². The molecule has 1 rings (SSSR count). The molecule has 0 amide bonds.